The smallest absolute Gasteiger partial charge is 0.291 e. The summed E-state index contributed by atoms with van der Waals surface area (Å²) in [6.45, 7) is 5.12. The molecule has 1 aliphatic rings. The topological polar surface area (TPSA) is 63.4 Å². The van der Waals surface area contributed by atoms with Gasteiger partial charge in [-0.15, -0.1) is 0 Å². The van der Waals surface area contributed by atoms with Crippen molar-refractivity contribution in [1.29, 1.82) is 0 Å². The fraction of sp³-hybridized carbons (Fsp3) is 0.320. The van der Waals surface area contributed by atoms with Gasteiger partial charge in [-0.2, -0.15) is 5.10 Å². The second-order valence-corrected chi connectivity index (χ2v) is 8.38. The van der Waals surface area contributed by atoms with Crippen molar-refractivity contribution < 1.29 is 9.18 Å². The number of hydrogen-bond donors (Lipinski definition) is 0. The van der Waals surface area contributed by atoms with Crippen LogP contribution in [0.3, 0.4) is 0 Å². The third-order valence-electron chi connectivity index (χ3n) is 6.33. The number of para-hydroxylation sites is 1. The molecule has 2 aromatic heterocycles. The van der Waals surface area contributed by atoms with E-state index in [0.717, 1.165) is 34.9 Å². The van der Waals surface area contributed by atoms with E-state index in [1.807, 2.05) is 28.8 Å². The summed E-state index contributed by atoms with van der Waals surface area (Å²) in [4.78, 5) is 30.2. The number of rotatable bonds is 5. The lowest BCUT2D eigenvalue weighted by atomic mass is 10.2. The molecule has 0 spiro atoms. The highest BCUT2D eigenvalue weighted by atomic mass is 19.1. The molecule has 33 heavy (non-hydrogen) atoms. The number of anilines is 1. The summed E-state index contributed by atoms with van der Waals surface area (Å²) in [6, 6.07) is 14.3. The van der Waals surface area contributed by atoms with Crippen LogP contribution in [0.1, 0.15) is 13.3 Å². The number of aryl methyl sites for hydroxylation is 1. The fourth-order valence-electron chi connectivity index (χ4n) is 4.66. The Morgan fingerprint density at radius 3 is 2.45 bits per heavy atom. The highest BCUT2D eigenvalue weighted by molar-refractivity contribution is 6.07. The van der Waals surface area contributed by atoms with Gasteiger partial charge in [-0.3, -0.25) is 9.59 Å². The fourth-order valence-corrected chi connectivity index (χ4v) is 4.66. The minimum atomic E-state index is -0.263. The number of benzene rings is 2. The van der Waals surface area contributed by atoms with E-state index in [1.165, 1.54) is 16.8 Å². The molecule has 7 nitrogen and oxygen atoms in total. The number of aromatic nitrogens is 3. The SMILES string of the molecule is CCCn1c2ccccc2c2cnn(CC(=O)N3CCN(c4ccc(F)cc4)CC3)c(=O)c21. The Hall–Kier alpha value is -3.68. The number of carbonyl (C=O) groups is 1. The van der Waals surface area contributed by atoms with Crippen LogP contribution in [-0.2, 0) is 17.9 Å². The molecule has 0 radical (unpaired) electrons. The Balaban J connectivity index is 1.36. The molecule has 8 heteroatoms. The van der Waals surface area contributed by atoms with Gasteiger partial charge in [-0.25, -0.2) is 9.07 Å². The average molecular weight is 448 g/mol. The summed E-state index contributed by atoms with van der Waals surface area (Å²) in [5, 5.41) is 6.15. The number of amides is 1. The zero-order chi connectivity index (χ0) is 22.9. The molecule has 0 bridgehead atoms. The third-order valence-corrected chi connectivity index (χ3v) is 6.33. The van der Waals surface area contributed by atoms with Gasteiger partial charge < -0.3 is 14.4 Å². The van der Waals surface area contributed by atoms with E-state index in [0.29, 0.717) is 31.7 Å². The maximum Gasteiger partial charge on any atom is 0.291 e. The van der Waals surface area contributed by atoms with E-state index in [9.17, 15) is 14.0 Å². The molecule has 5 rings (SSSR count). The molecular formula is C25H26FN5O2. The van der Waals surface area contributed by atoms with Crippen LogP contribution >= 0.6 is 0 Å². The first-order valence-corrected chi connectivity index (χ1v) is 11.3. The van der Waals surface area contributed by atoms with Crippen LogP contribution in [-0.4, -0.2) is 51.3 Å². The highest BCUT2D eigenvalue weighted by Gasteiger charge is 2.23. The van der Waals surface area contributed by atoms with E-state index in [1.54, 1.807) is 23.2 Å². The van der Waals surface area contributed by atoms with Crippen LogP contribution in [0.25, 0.3) is 21.8 Å². The van der Waals surface area contributed by atoms with E-state index in [4.69, 9.17) is 0 Å². The van der Waals surface area contributed by atoms with Gasteiger partial charge in [0.25, 0.3) is 5.56 Å². The molecule has 2 aromatic carbocycles. The number of fused-ring (bicyclic) bond motifs is 3. The third kappa shape index (κ3) is 3.86. The molecule has 3 heterocycles. The number of hydrogen-bond acceptors (Lipinski definition) is 4. The van der Waals surface area contributed by atoms with E-state index >= 15 is 0 Å². The van der Waals surface area contributed by atoms with Crippen molar-refractivity contribution in [2.24, 2.45) is 0 Å². The zero-order valence-corrected chi connectivity index (χ0v) is 18.6. The Labute approximate surface area is 190 Å². The van der Waals surface area contributed by atoms with Crippen LogP contribution in [0, 0.1) is 5.82 Å². The number of carbonyl (C=O) groups excluding carboxylic acids is 1. The predicted octanol–water partition coefficient (Wildman–Crippen LogP) is 3.25. The summed E-state index contributed by atoms with van der Waals surface area (Å²) >= 11 is 0. The first-order chi connectivity index (χ1) is 16.1. The van der Waals surface area contributed by atoms with Crippen molar-refractivity contribution in [2.75, 3.05) is 31.1 Å². The number of piperazine rings is 1. The van der Waals surface area contributed by atoms with E-state index in [-0.39, 0.29) is 23.8 Å². The van der Waals surface area contributed by atoms with E-state index in [2.05, 4.69) is 16.9 Å². The van der Waals surface area contributed by atoms with Crippen molar-refractivity contribution in [3.05, 3.63) is 70.9 Å². The molecular weight excluding hydrogens is 421 g/mol. The van der Waals surface area contributed by atoms with Crippen LogP contribution in [0.5, 0.6) is 0 Å². The standard InChI is InChI=1S/C25H26FN5O2/c1-2-11-30-22-6-4-3-5-20(22)21-16-27-31(25(33)24(21)30)17-23(32)29-14-12-28(13-15-29)19-9-7-18(26)8-10-19/h3-10,16H,2,11-15,17H2,1H3. The van der Waals surface area contributed by atoms with Gasteiger partial charge in [-0.05, 0) is 36.8 Å². The summed E-state index contributed by atoms with van der Waals surface area (Å²) in [5.74, 6) is -0.388. The second-order valence-electron chi connectivity index (χ2n) is 8.38. The molecule has 1 aliphatic heterocycles. The lowest BCUT2D eigenvalue weighted by Gasteiger charge is -2.36. The van der Waals surface area contributed by atoms with Crippen molar-refractivity contribution in [3.8, 4) is 0 Å². The van der Waals surface area contributed by atoms with Gasteiger partial charge in [0.15, 0.2) is 0 Å². The average Bonchev–Trinajstić information content (AvgIpc) is 3.16. The Kier molecular flexibility index (Phi) is 5.58. The molecule has 1 saturated heterocycles. The van der Waals surface area contributed by atoms with Gasteiger partial charge in [0, 0.05) is 54.7 Å². The lowest BCUT2D eigenvalue weighted by Crippen LogP contribution is -2.50. The number of nitrogens with zero attached hydrogens (tertiary/aromatic N) is 5. The highest BCUT2D eigenvalue weighted by Crippen LogP contribution is 2.26. The summed E-state index contributed by atoms with van der Waals surface area (Å²) in [7, 11) is 0. The summed E-state index contributed by atoms with van der Waals surface area (Å²) < 4.78 is 16.5. The van der Waals surface area contributed by atoms with Crippen LogP contribution < -0.4 is 10.5 Å². The molecule has 0 unspecified atom stereocenters. The van der Waals surface area contributed by atoms with Gasteiger partial charge in [0.1, 0.15) is 17.9 Å². The first kappa shape index (κ1) is 21.2. The monoisotopic (exact) mass is 447 g/mol. The maximum absolute atomic E-state index is 13.3. The number of halogens is 1. The zero-order valence-electron chi connectivity index (χ0n) is 18.6. The first-order valence-electron chi connectivity index (χ1n) is 11.3. The molecule has 0 atom stereocenters. The normalized spacial score (nSPS) is 14.4. The van der Waals surface area contributed by atoms with Crippen LogP contribution in [0.15, 0.2) is 59.5 Å². The predicted molar refractivity (Wildman–Crippen MR) is 127 cm³/mol. The van der Waals surface area contributed by atoms with Crippen molar-refractivity contribution in [2.45, 2.75) is 26.4 Å². The molecule has 0 aliphatic carbocycles. The minimum Gasteiger partial charge on any atom is -0.368 e. The van der Waals surface area contributed by atoms with Gasteiger partial charge in [0.05, 0.1) is 6.20 Å². The van der Waals surface area contributed by atoms with Gasteiger partial charge in [-0.1, -0.05) is 25.1 Å². The van der Waals surface area contributed by atoms with Crippen molar-refractivity contribution in [3.63, 3.8) is 0 Å². The quantitative estimate of drug-likeness (QED) is 0.471. The Bertz CT molecular complexity index is 1370. The molecule has 1 fully saturated rings. The van der Waals surface area contributed by atoms with Crippen molar-refractivity contribution >= 4 is 33.4 Å². The minimum absolute atomic E-state index is 0.0844. The molecule has 170 valence electrons. The van der Waals surface area contributed by atoms with Gasteiger partial charge in [0.2, 0.25) is 5.91 Å². The largest absolute Gasteiger partial charge is 0.368 e. The van der Waals surface area contributed by atoms with Crippen LogP contribution in [0.4, 0.5) is 10.1 Å². The summed E-state index contributed by atoms with van der Waals surface area (Å²) in [5.41, 5.74) is 2.31. The lowest BCUT2D eigenvalue weighted by molar-refractivity contribution is -0.132. The van der Waals surface area contributed by atoms with E-state index < -0.39 is 0 Å². The Morgan fingerprint density at radius 2 is 1.73 bits per heavy atom. The van der Waals surface area contributed by atoms with Crippen molar-refractivity contribution in [1.82, 2.24) is 19.2 Å². The molecule has 1 amide bonds. The molecule has 0 saturated carbocycles. The maximum atomic E-state index is 13.3. The van der Waals surface area contributed by atoms with Crippen LogP contribution in [0.2, 0.25) is 0 Å². The Morgan fingerprint density at radius 1 is 1.00 bits per heavy atom. The summed E-state index contributed by atoms with van der Waals surface area (Å²) in [6.07, 6.45) is 2.60. The second kappa shape index (κ2) is 8.69. The molecule has 0 N–H and O–H groups in total. The molecule has 4 aromatic rings. The van der Waals surface area contributed by atoms with Gasteiger partial charge >= 0.3 is 0 Å².